The van der Waals surface area contributed by atoms with Crippen LogP contribution in [0.15, 0.2) is 42.5 Å². The third-order valence-corrected chi connectivity index (χ3v) is 5.00. The van der Waals surface area contributed by atoms with Gasteiger partial charge in [-0.25, -0.2) is 0 Å². The van der Waals surface area contributed by atoms with Crippen LogP contribution < -0.4 is 15.5 Å². The smallest absolute Gasteiger partial charge is 0.370 e. The maximum absolute atomic E-state index is 13.2. The number of carbonyl (C=O) groups excluding carboxylic acids is 2. The predicted octanol–water partition coefficient (Wildman–Crippen LogP) is 4.62. The number of para-hydroxylation sites is 1. The lowest BCUT2D eigenvalue weighted by Gasteiger charge is -2.28. The van der Waals surface area contributed by atoms with E-state index in [9.17, 15) is 22.8 Å². The summed E-state index contributed by atoms with van der Waals surface area (Å²) >= 11 is 0. The van der Waals surface area contributed by atoms with E-state index in [1.165, 1.54) is 6.07 Å². The molecule has 2 aromatic rings. The standard InChI is InChI=1S/C21H22F3N3O2/c1-3-27(4-2)18-10-9-13(21(22,23)24)11-17(18)26-20(29)15-12-19(28)25-16-8-6-5-7-14(15)16/h5-11,15H,3-4,12H2,1-2H3,(H,25,28)(H,26,29)/t15-/m0/s1. The van der Waals surface area contributed by atoms with Gasteiger partial charge in [-0.15, -0.1) is 0 Å². The molecule has 2 N–H and O–H groups in total. The van der Waals surface area contributed by atoms with Crippen LogP contribution >= 0.6 is 0 Å². The normalized spacial score (nSPS) is 16.0. The van der Waals surface area contributed by atoms with E-state index in [0.717, 1.165) is 12.1 Å². The Balaban J connectivity index is 1.98. The zero-order valence-electron chi connectivity index (χ0n) is 16.1. The van der Waals surface area contributed by atoms with E-state index in [0.29, 0.717) is 30.0 Å². The highest BCUT2D eigenvalue weighted by Gasteiger charge is 2.33. The van der Waals surface area contributed by atoms with Gasteiger partial charge in [0.15, 0.2) is 0 Å². The Kier molecular flexibility index (Phi) is 5.81. The average molecular weight is 405 g/mol. The number of alkyl halides is 3. The Bertz CT molecular complexity index is 924. The van der Waals surface area contributed by atoms with Gasteiger partial charge in [-0.2, -0.15) is 13.2 Å². The van der Waals surface area contributed by atoms with Crippen molar-refractivity contribution in [3.63, 3.8) is 0 Å². The molecule has 1 aliphatic rings. The van der Waals surface area contributed by atoms with Crippen molar-refractivity contribution in [2.75, 3.05) is 28.6 Å². The van der Waals surface area contributed by atoms with Crippen molar-refractivity contribution in [2.24, 2.45) is 0 Å². The molecule has 0 spiro atoms. The number of hydrogen-bond acceptors (Lipinski definition) is 3. The molecule has 0 radical (unpaired) electrons. The monoisotopic (exact) mass is 405 g/mol. The van der Waals surface area contributed by atoms with Crippen molar-refractivity contribution in [2.45, 2.75) is 32.4 Å². The molecule has 0 saturated heterocycles. The summed E-state index contributed by atoms with van der Waals surface area (Å²) in [7, 11) is 0. The van der Waals surface area contributed by atoms with Crippen LogP contribution in [0.4, 0.5) is 30.2 Å². The summed E-state index contributed by atoms with van der Waals surface area (Å²) in [5.41, 5.74) is 0.922. The van der Waals surface area contributed by atoms with Crippen LogP contribution in [-0.2, 0) is 15.8 Å². The number of halogens is 3. The van der Waals surface area contributed by atoms with Gasteiger partial charge in [0, 0.05) is 25.2 Å². The van der Waals surface area contributed by atoms with E-state index in [2.05, 4.69) is 10.6 Å². The minimum atomic E-state index is -4.53. The van der Waals surface area contributed by atoms with Crippen LogP contribution in [0, 0.1) is 0 Å². The molecular weight excluding hydrogens is 383 g/mol. The highest BCUT2D eigenvalue weighted by Crippen LogP contribution is 2.37. The average Bonchev–Trinajstić information content (AvgIpc) is 2.68. The van der Waals surface area contributed by atoms with Crippen LogP contribution in [-0.4, -0.2) is 24.9 Å². The van der Waals surface area contributed by atoms with Crippen molar-refractivity contribution in [1.82, 2.24) is 0 Å². The Labute approximate surface area is 166 Å². The SMILES string of the molecule is CCN(CC)c1ccc(C(F)(F)F)cc1NC(=O)[C@H]1CC(=O)Nc2ccccc21. The summed E-state index contributed by atoms with van der Waals surface area (Å²) in [6.45, 7) is 4.90. The molecule has 154 valence electrons. The summed E-state index contributed by atoms with van der Waals surface area (Å²) in [4.78, 5) is 26.9. The quantitative estimate of drug-likeness (QED) is 0.763. The Morgan fingerprint density at radius 2 is 1.86 bits per heavy atom. The van der Waals surface area contributed by atoms with E-state index >= 15 is 0 Å². The molecule has 0 aromatic heterocycles. The largest absolute Gasteiger partial charge is 0.416 e. The molecule has 0 aliphatic carbocycles. The molecule has 8 heteroatoms. The van der Waals surface area contributed by atoms with Crippen molar-refractivity contribution >= 4 is 28.9 Å². The fraction of sp³-hybridized carbons (Fsp3) is 0.333. The summed E-state index contributed by atoms with van der Waals surface area (Å²) in [6.07, 6.45) is -4.60. The zero-order valence-corrected chi connectivity index (χ0v) is 16.1. The molecule has 0 fully saturated rings. The lowest BCUT2D eigenvalue weighted by molar-refractivity contribution is -0.137. The van der Waals surface area contributed by atoms with Gasteiger partial charge < -0.3 is 15.5 Å². The van der Waals surface area contributed by atoms with Gasteiger partial charge in [-0.3, -0.25) is 9.59 Å². The van der Waals surface area contributed by atoms with Gasteiger partial charge in [0.05, 0.1) is 22.9 Å². The number of carbonyl (C=O) groups is 2. The number of anilines is 3. The van der Waals surface area contributed by atoms with Gasteiger partial charge in [0.1, 0.15) is 0 Å². The number of rotatable bonds is 5. The minimum Gasteiger partial charge on any atom is -0.370 e. The van der Waals surface area contributed by atoms with E-state index in [1.54, 1.807) is 24.3 Å². The fourth-order valence-corrected chi connectivity index (χ4v) is 3.52. The molecule has 2 amide bonds. The summed E-state index contributed by atoms with van der Waals surface area (Å²) < 4.78 is 39.7. The Morgan fingerprint density at radius 1 is 1.17 bits per heavy atom. The lowest BCUT2D eigenvalue weighted by Crippen LogP contribution is -2.31. The first-order valence-corrected chi connectivity index (χ1v) is 9.40. The third kappa shape index (κ3) is 4.36. The van der Waals surface area contributed by atoms with Crippen LogP contribution in [0.1, 0.15) is 37.3 Å². The first kappa shape index (κ1) is 20.7. The molecular formula is C21H22F3N3O2. The van der Waals surface area contributed by atoms with E-state index in [-0.39, 0.29) is 18.0 Å². The lowest BCUT2D eigenvalue weighted by atomic mass is 9.89. The first-order chi connectivity index (χ1) is 13.7. The van der Waals surface area contributed by atoms with Gasteiger partial charge in [-0.1, -0.05) is 18.2 Å². The highest BCUT2D eigenvalue weighted by atomic mass is 19.4. The number of fused-ring (bicyclic) bond motifs is 1. The summed E-state index contributed by atoms with van der Waals surface area (Å²) in [6, 6.07) is 10.2. The number of amides is 2. The molecule has 1 atom stereocenters. The summed E-state index contributed by atoms with van der Waals surface area (Å²) in [5.74, 6) is -1.60. The molecule has 1 aliphatic heterocycles. The number of nitrogens with zero attached hydrogens (tertiary/aromatic N) is 1. The number of benzene rings is 2. The maximum atomic E-state index is 13.2. The van der Waals surface area contributed by atoms with E-state index in [1.807, 2.05) is 18.7 Å². The fourth-order valence-electron chi connectivity index (χ4n) is 3.52. The summed E-state index contributed by atoms with van der Waals surface area (Å²) in [5, 5.41) is 5.35. The van der Waals surface area contributed by atoms with E-state index < -0.39 is 23.6 Å². The van der Waals surface area contributed by atoms with E-state index in [4.69, 9.17) is 0 Å². The number of nitrogens with one attached hydrogen (secondary N) is 2. The molecule has 3 rings (SSSR count). The second-order valence-electron chi connectivity index (χ2n) is 6.78. The van der Waals surface area contributed by atoms with Crippen LogP contribution in [0.5, 0.6) is 0 Å². The van der Waals surface area contributed by atoms with Crippen LogP contribution in [0.2, 0.25) is 0 Å². The maximum Gasteiger partial charge on any atom is 0.416 e. The van der Waals surface area contributed by atoms with Crippen molar-refractivity contribution in [3.8, 4) is 0 Å². The van der Waals surface area contributed by atoms with Crippen LogP contribution in [0.3, 0.4) is 0 Å². The third-order valence-electron chi connectivity index (χ3n) is 5.00. The van der Waals surface area contributed by atoms with Gasteiger partial charge in [-0.05, 0) is 43.7 Å². The van der Waals surface area contributed by atoms with Gasteiger partial charge in [0.2, 0.25) is 11.8 Å². The van der Waals surface area contributed by atoms with Gasteiger partial charge in [0.25, 0.3) is 0 Å². The van der Waals surface area contributed by atoms with Crippen molar-refractivity contribution in [3.05, 3.63) is 53.6 Å². The molecule has 0 unspecified atom stereocenters. The molecule has 29 heavy (non-hydrogen) atoms. The molecule has 0 saturated carbocycles. The topological polar surface area (TPSA) is 61.4 Å². The molecule has 0 bridgehead atoms. The van der Waals surface area contributed by atoms with Crippen LogP contribution in [0.25, 0.3) is 0 Å². The van der Waals surface area contributed by atoms with Crippen molar-refractivity contribution < 1.29 is 22.8 Å². The second-order valence-corrected chi connectivity index (χ2v) is 6.78. The zero-order chi connectivity index (χ0) is 21.2. The van der Waals surface area contributed by atoms with Crippen molar-refractivity contribution in [1.29, 1.82) is 0 Å². The second kappa shape index (κ2) is 8.14. The Hall–Kier alpha value is -3.03. The number of hydrogen-bond donors (Lipinski definition) is 2. The minimum absolute atomic E-state index is 0.0671. The highest BCUT2D eigenvalue weighted by molar-refractivity contribution is 6.06. The van der Waals surface area contributed by atoms with Gasteiger partial charge >= 0.3 is 6.18 Å². The Morgan fingerprint density at radius 3 is 2.52 bits per heavy atom. The molecule has 2 aromatic carbocycles. The predicted molar refractivity (Wildman–Crippen MR) is 106 cm³/mol. The molecule has 5 nitrogen and oxygen atoms in total. The molecule has 1 heterocycles. The first-order valence-electron chi connectivity index (χ1n) is 9.40.